The summed E-state index contributed by atoms with van der Waals surface area (Å²) in [6, 6.07) is 9.08. The van der Waals surface area contributed by atoms with Crippen LogP contribution in [0.1, 0.15) is 25.8 Å². The predicted molar refractivity (Wildman–Crippen MR) is 60.4 cm³/mol. The smallest absolute Gasteiger partial charge is 0.246 e. The van der Waals surface area contributed by atoms with Crippen LogP contribution in [0.2, 0.25) is 0 Å². The van der Waals surface area contributed by atoms with E-state index in [1.165, 1.54) is 0 Å². The number of hydrogen-bond donors (Lipinski definition) is 2. The maximum atomic E-state index is 11.4. The molecule has 1 rings (SSSR count). The molecule has 0 spiro atoms. The molecule has 0 aromatic heterocycles. The second kappa shape index (κ2) is 5.63. The van der Waals surface area contributed by atoms with Gasteiger partial charge in [-0.2, -0.15) is 0 Å². The van der Waals surface area contributed by atoms with Gasteiger partial charge in [-0.25, -0.2) is 5.48 Å². The largest absolute Gasteiger partial charge is 0.385 e. The Balaban J connectivity index is 2.61. The molecule has 0 saturated heterocycles. The lowest BCUT2D eigenvalue weighted by Crippen LogP contribution is -2.32. The van der Waals surface area contributed by atoms with Crippen molar-refractivity contribution in [3.05, 3.63) is 35.9 Å². The number of amides is 1. The summed E-state index contributed by atoms with van der Waals surface area (Å²) in [6.07, 6.45) is -0.0307. The summed E-state index contributed by atoms with van der Waals surface area (Å²) in [5, 5.41) is 10.1. The van der Waals surface area contributed by atoms with Gasteiger partial charge < -0.3 is 5.11 Å². The van der Waals surface area contributed by atoms with Crippen LogP contribution in [-0.4, -0.2) is 17.6 Å². The number of hydrogen-bond acceptors (Lipinski definition) is 3. The van der Waals surface area contributed by atoms with E-state index in [-0.39, 0.29) is 12.3 Å². The molecule has 0 saturated carbocycles. The molecule has 16 heavy (non-hydrogen) atoms. The fourth-order valence-corrected chi connectivity index (χ4v) is 1.40. The highest BCUT2D eigenvalue weighted by atomic mass is 16.6. The fraction of sp³-hybridized carbons (Fsp3) is 0.417. The van der Waals surface area contributed by atoms with Crippen LogP contribution in [0.25, 0.3) is 0 Å². The van der Waals surface area contributed by atoms with Crippen molar-refractivity contribution in [3.63, 3.8) is 0 Å². The third-order valence-electron chi connectivity index (χ3n) is 2.23. The van der Waals surface area contributed by atoms with Crippen molar-refractivity contribution in [2.24, 2.45) is 0 Å². The van der Waals surface area contributed by atoms with Crippen LogP contribution in [0, 0.1) is 0 Å². The molecule has 0 aliphatic heterocycles. The molecule has 1 atom stereocenters. The lowest BCUT2D eigenvalue weighted by atomic mass is 9.92. The van der Waals surface area contributed by atoms with Gasteiger partial charge in [0.25, 0.3) is 0 Å². The molecule has 0 aliphatic carbocycles. The first-order valence-electron chi connectivity index (χ1n) is 5.25. The van der Waals surface area contributed by atoms with Crippen molar-refractivity contribution < 1.29 is 14.7 Å². The fourth-order valence-electron chi connectivity index (χ4n) is 1.40. The van der Waals surface area contributed by atoms with Gasteiger partial charge in [-0.3, -0.25) is 9.63 Å². The maximum Gasteiger partial charge on any atom is 0.246 e. The van der Waals surface area contributed by atoms with Gasteiger partial charge in [0.15, 0.2) is 0 Å². The Labute approximate surface area is 95.2 Å². The maximum absolute atomic E-state index is 11.4. The number of carbonyl (C=O) groups is 1. The van der Waals surface area contributed by atoms with Gasteiger partial charge in [0, 0.05) is 0 Å². The first-order chi connectivity index (χ1) is 7.56. The molecular weight excluding hydrogens is 206 g/mol. The van der Waals surface area contributed by atoms with Crippen LogP contribution in [0.5, 0.6) is 0 Å². The van der Waals surface area contributed by atoms with Crippen molar-refractivity contribution in [2.45, 2.75) is 25.9 Å². The lowest BCUT2D eigenvalue weighted by Gasteiger charge is -2.22. The van der Waals surface area contributed by atoms with E-state index in [9.17, 15) is 9.90 Å². The number of carbonyl (C=O) groups excluding carboxylic acids is 1. The number of hydroxylamine groups is 1. The number of rotatable bonds is 5. The standard InChI is InChI=1S/C12H17NO3/c1-3-16-13-11(14)9-12(2,15)10-7-5-4-6-8-10/h4-8,15H,3,9H2,1-2H3,(H,13,14). The summed E-state index contributed by atoms with van der Waals surface area (Å²) < 4.78 is 0. The topological polar surface area (TPSA) is 58.6 Å². The Bertz CT molecular complexity index is 335. The van der Waals surface area contributed by atoms with Crippen molar-refractivity contribution in [3.8, 4) is 0 Å². The van der Waals surface area contributed by atoms with Gasteiger partial charge in [-0.15, -0.1) is 0 Å². The molecule has 1 unspecified atom stereocenters. The highest BCUT2D eigenvalue weighted by Gasteiger charge is 2.26. The van der Waals surface area contributed by atoms with Crippen LogP contribution in [0.4, 0.5) is 0 Å². The van der Waals surface area contributed by atoms with Crippen molar-refractivity contribution in [1.82, 2.24) is 5.48 Å². The Morgan fingerprint density at radius 3 is 2.62 bits per heavy atom. The van der Waals surface area contributed by atoms with Gasteiger partial charge in [0.05, 0.1) is 18.6 Å². The minimum Gasteiger partial charge on any atom is -0.385 e. The molecule has 2 N–H and O–H groups in total. The average molecular weight is 223 g/mol. The third kappa shape index (κ3) is 3.64. The van der Waals surface area contributed by atoms with Crippen LogP contribution in [0.15, 0.2) is 30.3 Å². The Kier molecular flexibility index (Phi) is 4.46. The summed E-state index contributed by atoms with van der Waals surface area (Å²) in [4.78, 5) is 16.2. The molecule has 0 fully saturated rings. The summed E-state index contributed by atoms with van der Waals surface area (Å²) >= 11 is 0. The number of benzene rings is 1. The Morgan fingerprint density at radius 2 is 2.06 bits per heavy atom. The molecule has 0 radical (unpaired) electrons. The molecule has 4 heteroatoms. The third-order valence-corrected chi connectivity index (χ3v) is 2.23. The van der Waals surface area contributed by atoms with Crippen molar-refractivity contribution in [1.29, 1.82) is 0 Å². The van der Waals surface area contributed by atoms with Gasteiger partial charge in [-0.1, -0.05) is 30.3 Å². The second-order valence-electron chi connectivity index (χ2n) is 3.77. The van der Waals surface area contributed by atoms with Crippen LogP contribution >= 0.6 is 0 Å². The summed E-state index contributed by atoms with van der Waals surface area (Å²) in [5.74, 6) is -0.337. The Morgan fingerprint density at radius 1 is 1.44 bits per heavy atom. The van der Waals surface area contributed by atoms with Crippen LogP contribution in [0.3, 0.4) is 0 Å². The summed E-state index contributed by atoms with van der Waals surface area (Å²) in [6.45, 7) is 3.78. The molecule has 0 bridgehead atoms. The summed E-state index contributed by atoms with van der Waals surface area (Å²) in [7, 11) is 0. The highest BCUT2D eigenvalue weighted by Crippen LogP contribution is 2.23. The van der Waals surface area contributed by atoms with E-state index in [0.717, 1.165) is 0 Å². The molecule has 4 nitrogen and oxygen atoms in total. The summed E-state index contributed by atoms with van der Waals surface area (Å²) in [5.41, 5.74) is 1.79. The van der Waals surface area contributed by atoms with E-state index >= 15 is 0 Å². The van der Waals surface area contributed by atoms with E-state index < -0.39 is 5.60 Å². The van der Waals surface area contributed by atoms with Gasteiger partial charge >= 0.3 is 0 Å². The molecule has 1 aromatic carbocycles. The second-order valence-corrected chi connectivity index (χ2v) is 3.77. The molecular formula is C12H17NO3. The zero-order valence-electron chi connectivity index (χ0n) is 9.56. The number of nitrogens with one attached hydrogen (secondary N) is 1. The SMILES string of the molecule is CCONC(=O)CC(C)(O)c1ccccc1. The first kappa shape index (κ1) is 12.7. The van der Waals surface area contributed by atoms with Gasteiger partial charge in [0.1, 0.15) is 0 Å². The van der Waals surface area contributed by atoms with Crippen molar-refractivity contribution >= 4 is 5.91 Å². The molecule has 88 valence electrons. The first-order valence-corrected chi connectivity index (χ1v) is 5.25. The van der Waals surface area contributed by atoms with Gasteiger partial charge in [-0.05, 0) is 19.4 Å². The van der Waals surface area contributed by atoms with E-state index in [2.05, 4.69) is 5.48 Å². The van der Waals surface area contributed by atoms with Crippen LogP contribution < -0.4 is 5.48 Å². The van der Waals surface area contributed by atoms with E-state index in [0.29, 0.717) is 12.2 Å². The van der Waals surface area contributed by atoms with Gasteiger partial charge in [0.2, 0.25) is 5.91 Å². The average Bonchev–Trinajstić information content (AvgIpc) is 2.27. The molecule has 1 amide bonds. The molecule has 0 aliphatic rings. The van der Waals surface area contributed by atoms with E-state index in [4.69, 9.17) is 4.84 Å². The molecule has 1 aromatic rings. The van der Waals surface area contributed by atoms with E-state index in [1.54, 1.807) is 26.0 Å². The zero-order chi connectivity index (χ0) is 12.0. The van der Waals surface area contributed by atoms with Crippen molar-refractivity contribution in [2.75, 3.05) is 6.61 Å². The predicted octanol–water partition coefficient (Wildman–Crippen LogP) is 1.35. The normalized spacial score (nSPS) is 14.2. The van der Waals surface area contributed by atoms with E-state index in [1.807, 2.05) is 18.2 Å². The minimum atomic E-state index is -1.18. The minimum absolute atomic E-state index is 0.0307. The lowest BCUT2D eigenvalue weighted by molar-refractivity contribution is -0.138. The quantitative estimate of drug-likeness (QED) is 0.741. The zero-order valence-corrected chi connectivity index (χ0v) is 9.56. The Hall–Kier alpha value is -1.39. The molecule has 0 heterocycles. The number of aliphatic hydroxyl groups is 1. The van der Waals surface area contributed by atoms with Crippen LogP contribution in [-0.2, 0) is 15.2 Å². The highest BCUT2D eigenvalue weighted by molar-refractivity contribution is 5.76. The monoisotopic (exact) mass is 223 g/mol.